The second kappa shape index (κ2) is 8.41. The highest BCUT2D eigenvalue weighted by Crippen LogP contribution is 2.28. The number of thioether (sulfide) groups is 1. The van der Waals surface area contributed by atoms with Crippen LogP contribution in [0.3, 0.4) is 0 Å². The van der Waals surface area contributed by atoms with Gasteiger partial charge >= 0.3 is 0 Å². The van der Waals surface area contributed by atoms with E-state index in [0.717, 1.165) is 26.4 Å². The summed E-state index contributed by atoms with van der Waals surface area (Å²) in [5.74, 6) is 0.825. The quantitative estimate of drug-likeness (QED) is 0.678. The van der Waals surface area contributed by atoms with E-state index < -0.39 is 0 Å². The molecule has 122 valence electrons. The fourth-order valence-corrected chi connectivity index (χ4v) is 3.45. The van der Waals surface area contributed by atoms with Crippen LogP contribution in [0.15, 0.2) is 51.8 Å². The van der Waals surface area contributed by atoms with Crippen LogP contribution in [0.1, 0.15) is 19.4 Å². The molecule has 1 amide bonds. The third-order valence-electron chi connectivity index (χ3n) is 3.20. The molecular formula is C18H20BrNO2S. The lowest BCUT2D eigenvalue weighted by Crippen LogP contribution is -2.22. The van der Waals surface area contributed by atoms with Crippen LogP contribution in [0.2, 0.25) is 0 Å². The number of ether oxygens (including phenoxy) is 1. The van der Waals surface area contributed by atoms with Gasteiger partial charge in [-0.2, -0.15) is 0 Å². The number of rotatable bonds is 6. The molecule has 1 unspecified atom stereocenters. The first-order chi connectivity index (χ1) is 11.0. The summed E-state index contributed by atoms with van der Waals surface area (Å²) in [5.41, 5.74) is 1.94. The van der Waals surface area contributed by atoms with Crippen molar-refractivity contribution in [3.05, 3.63) is 52.5 Å². The molecule has 5 heteroatoms. The number of anilines is 1. The minimum Gasteiger partial charge on any atom is -0.494 e. The van der Waals surface area contributed by atoms with Crippen molar-refractivity contribution in [3.8, 4) is 5.75 Å². The highest BCUT2D eigenvalue weighted by atomic mass is 79.9. The monoisotopic (exact) mass is 393 g/mol. The van der Waals surface area contributed by atoms with E-state index in [-0.39, 0.29) is 11.2 Å². The van der Waals surface area contributed by atoms with Gasteiger partial charge in [0.25, 0.3) is 0 Å². The Bertz CT molecular complexity index is 673. The minimum atomic E-state index is -0.193. The fourth-order valence-electron chi connectivity index (χ4n) is 1.99. The number of carbonyl (C=O) groups is 1. The number of halogens is 1. The topological polar surface area (TPSA) is 38.3 Å². The third-order valence-corrected chi connectivity index (χ3v) is 4.97. The zero-order valence-electron chi connectivity index (χ0n) is 13.4. The van der Waals surface area contributed by atoms with E-state index in [1.807, 2.05) is 63.2 Å². The number of carbonyl (C=O) groups excluding carboxylic acids is 1. The van der Waals surface area contributed by atoms with Crippen molar-refractivity contribution in [1.82, 2.24) is 0 Å². The fraction of sp³-hybridized carbons (Fsp3) is 0.278. The lowest BCUT2D eigenvalue weighted by Gasteiger charge is -2.13. The number of aryl methyl sites for hydroxylation is 1. The highest BCUT2D eigenvalue weighted by molar-refractivity contribution is 9.10. The predicted octanol–water partition coefficient (Wildman–Crippen LogP) is 5.28. The number of benzene rings is 2. The second-order valence-electron chi connectivity index (χ2n) is 5.14. The van der Waals surface area contributed by atoms with Crippen molar-refractivity contribution in [2.24, 2.45) is 0 Å². The smallest absolute Gasteiger partial charge is 0.237 e. The van der Waals surface area contributed by atoms with Gasteiger partial charge in [-0.15, -0.1) is 11.8 Å². The first-order valence-corrected chi connectivity index (χ1v) is 9.13. The van der Waals surface area contributed by atoms with Gasteiger partial charge in [-0.25, -0.2) is 0 Å². The van der Waals surface area contributed by atoms with E-state index in [2.05, 4.69) is 21.2 Å². The molecule has 23 heavy (non-hydrogen) atoms. The zero-order chi connectivity index (χ0) is 16.8. The number of nitrogens with one attached hydrogen (secondary N) is 1. The normalized spacial score (nSPS) is 11.8. The molecule has 3 nitrogen and oxygen atoms in total. The van der Waals surface area contributed by atoms with Crippen LogP contribution in [0.5, 0.6) is 5.75 Å². The molecule has 2 aromatic carbocycles. The van der Waals surface area contributed by atoms with Crippen molar-refractivity contribution >= 4 is 39.3 Å². The Balaban J connectivity index is 1.96. The van der Waals surface area contributed by atoms with Gasteiger partial charge in [0.15, 0.2) is 0 Å². The first kappa shape index (κ1) is 17.9. The van der Waals surface area contributed by atoms with Crippen LogP contribution >= 0.6 is 27.7 Å². The van der Waals surface area contributed by atoms with E-state index in [1.165, 1.54) is 11.8 Å². The average Bonchev–Trinajstić information content (AvgIpc) is 2.52. The highest BCUT2D eigenvalue weighted by Gasteiger charge is 2.15. The van der Waals surface area contributed by atoms with Crippen molar-refractivity contribution in [2.45, 2.75) is 30.9 Å². The molecular weight excluding hydrogens is 374 g/mol. The maximum absolute atomic E-state index is 12.3. The van der Waals surface area contributed by atoms with E-state index in [9.17, 15) is 4.79 Å². The molecule has 1 atom stereocenters. The Morgan fingerprint density at radius 1 is 1.26 bits per heavy atom. The number of hydrogen-bond donors (Lipinski definition) is 1. The number of amides is 1. The van der Waals surface area contributed by atoms with Crippen molar-refractivity contribution in [1.29, 1.82) is 0 Å². The van der Waals surface area contributed by atoms with Crippen LogP contribution in [-0.2, 0) is 4.79 Å². The molecule has 2 rings (SSSR count). The molecule has 0 fully saturated rings. The molecule has 0 aliphatic carbocycles. The summed E-state index contributed by atoms with van der Waals surface area (Å²) >= 11 is 5.00. The summed E-state index contributed by atoms with van der Waals surface area (Å²) in [6.07, 6.45) is 0. The van der Waals surface area contributed by atoms with Crippen molar-refractivity contribution in [3.63, 3.8) is 0 Å². The summed E-state index contributed by atoms with van der Waals surface area (Å²) in [6, 6.07) is 13.7. The van der Waals surface area contributed by atoms with Crippen molar-refractivity contribution in [2.75, 3.05) is 11.9 Å². The second-order valence-corrected chi connectivity index (χ2v) is 7.41. The summed E-state index contributed by atoms with van der Waals surface area (Å²) in [5, 5.41) is 2.76. The molecule has 0 bridgehead atoms. The van der Waals surface area contributed by atoms with E-state index >= 15 is 0 Å². The largest absolute Gasteiger partial charge is 0.494 e. The average molecular weight is 394 g/mol. The zero-order valence-corrected chi connectivity index (χ0v) is 15.8. The number of hydrogen-bond acceptors (Lipinski definition) is 3. The summed E-state index contributed by atoms with van der Waals surface area (Å²) in [7, 11) is 0. The lowest BCUT2D eigenvalue weighted by molar-refractivity contribution is -0.115. The summed E-state index contributed by atoms with van der Waals surface area (Å²) < 4.78 is 6.31. The van der Waals surface area contributed by atoms with E-state index in [0.29, 0.717) is 6.61 Å². The Labute approximate surface area is 149 Å². The van der Waals surface area contributed by atoms with Gasteiger partial charge in [-0.1, -0.05) is 6.07 Å². The van der Waals surface area contributed by atoms with Gasteiger partial charge in [0.2, 0.25) is 5.91 Å². The van der Waals surface area contributed by atoms with Gasteiger partial charge < -0.3 is 10.1 Å². The molecule has 0 heterocycles. The third kappa shape index (κ3) is 5.29. The molecule has 1 N–H and O–H groups in total. The first-order valence-electron chi connectivity index (χ1n) is 7.46. The van der Waals surface area contributed by atoms with Gasteiger partial charge in [-0.3, -0.25) is 4.79 Å². The summed E-state index contributed by atoms with van der Waals surface area (Å²) in [6.45, 7) is 6.52. The van der Waals surface area contributed by atoms with Crippen LogP contribution in [0, 0.1) is 6.92 Å². The Morgan fingerprint density at radius 3 is 2.57 bits per heavy atom. The Morgan fingerprint density at radius 2 is 1.96 bits per heavy atom. The lowest BCUT2D eigenvalue weighted by atomic mass is 10.2. The predicted molar refractivity (Wildman–Crippen MR) is 100 cm³/mol. The van der Waals surface area contributed by atoms with E-state index in [1.54, 1.807) is 0 Å². The van der Waals surface area contributed by atoms with Crippen LogP contribution < -0.4 is 10.1 Å². The van der Waals surface area contributed by atoms with Gasteiger partial charge in [0, 0.05) is 9.37 Å². The molecule has 0 radical (unpaired) electrons. The maximum atomic E-state index is 12.3. The summed E-state index contributed by atoms with van der Waals surface area (Å²) in [4.78, 5) is 13.4. The van der Waals surface area contributed by atoms with Crippen LogP contribution in [0.25, 0.3) is 0 Å². The minimum absolute atomic E-state index is 0.0200. The van der Waals surface area contributed by atoms with Crippen LogP contribution in [-0.4, -0.2) is 17.8 Å². The van der Waals surface area contributed by atoms with E-state index in [4.69, 9.17) is 4.74 Å². The molecule has 0 spiro atoms. The molecule has 0 saturated heterocycles. The molecule has 0 aliphatic rings. The Kier molecular flexibility index (Phi) is 6.54. The molecule has 2 aromatic rings. The van der Waals surface area contributed by atoms with Crippen LogP contribution in [0.4, 0.5) is 5.69 Å². The maximum Gasteiger partial charge on any atom is 0.237 e. The SMILES string of the molecule is CCOc1ccc(SC(C)C(=O)Nc2ccc(C)cc2Br)cc1. The van der Waals surface area contributed by atoms with Crippen molar-refractivity contribution < 1.29 is 9.53 Å². The molecule has 0 saturated carbocycles. The standard InChI is InChI=1S/C18H20BrNO2S/c1-4-22-14-6-8-15(9-7-14)23-13(3)18(21)20-17-10-5-12(2)11-16(17)19/h5-11,13H,4H2,1-3H3,(H,20,21). The van der Waals surface area contributed by atoms with Gasteiger partial charge in [-0.05, 0) is 78.7 Å². The van der Waals surface area contributed by atoms with Gasteiger partial charge in [0.05, 0.1) is 17.5 Å². The molecule has 0 aromatic heterocycles. The Hall–Kier alpha value is -1.46. The van der Waals surface area contributed by atoms with Gasteiger partial charge in [0.1, 0.15) is 5.75 Å². The molecule has 0 aliphatic heterocycles.